The van der Waals surface area contributed by atoms with Gasteiger partial charge in [0.15, 0.2) is 0 Å². The van der Waals surface area contributed by atoms with Crippen LogP contribution in [-0.4, -0.2) is 27.6 Å². The van der Waals surface area contributed by atoms with Crippen LogP contribution in [-0.2, 0) is 24.4 Å². The molecule has 1 aliphatic rings. The predicted octanol–water partition coefficient (Wildman–Crippen LogP) is 6.28. The van der Waals surface area contributed by atoms with Gasteiger partial charge < -0.3 is 14.8 Å². The maximum atomic E-state index is 13.4. The molecule has 0 saturated heterocycles. The Kier molecular flexibility index (Phi) is 6.21. The number of anilines is 2. The summed E-state index contributed by atoms with van der Waals surface area (Å²) >= 11 is 7.99. The van der Waals surface area contributed by atoms with E-state index in [0.29, 0.717) is 41.8 Å². The van der Waals surface area contributed by atoms with Crippen molar-refractivity contribution < 1.29 is 18.7 Å². The molecule has 34 heavy (non-hydrogen) atoms. The van der Waals surface area contributed by atoms with Crippen molar-refractivity contribution in [2.75, 3.05) is 11.9 Å². The molecule has 0 bridgehead atoms. The zero-order chi connectivity index (χ0) is 23.7. The molecule has 0 atom stereocenters. The molecule has 4 aromatic rings. The Balaban J connectivity index is 1.35. The third-order valence-corrected chi connectivity index (χ3v) is 6.78. The highest BCUT2D eigenvalue weighted by Gasteiger charge is 2.30. The second kappa shape index (κ2) is 9.44. The first-order valence-electron chi connectivity index (χ1n) is 10.6. The van der Waals surface area contributed by atoms with E-state index < -0.39 is 0 Å². The first-order chi connectivity index (χ1) is 16.5. The van der Waals surface area contributed by atoms with Crippen LogP contribution in [0.2, 0.25) is 5.02 Å². The number of aromatic nitrogens is 2. The summed E-state index contributed by atoms with van der Waals surface area (Å²) in [6, 6.07) is 11.6. The fourth-order valence-corrected chi connectivity index (χ4v) is 5.21. The van der Waals surface area contributed by atoms with E-state index in [1.54, 1.807) is 47.4 Å². The van der Waals surface area contributed by atoms with Gasteiger partial charge in [0.05, 0.1) is 30.1 Å². The predicted molar refractivity (Wildman–Crippen MR) is 129 cm³/mol. The van der Waals surface area contributed by atoms with Crippen LogP contribution in [0.3, 0.4) is 0 Å². The minimum Gasteiger partial charge on any atom is -0.487 e. The van der Waals surface area contributed by atoms with E-state index in [-0.39, 0.29) is 18.5 Å². The van der Waals surface area contributed by atoms with Gasteiger partial charge in [0.25, 0.3) is 0 Å². The summed E-state index contributed by atoms with van der Waals surface area (Å²) < 4.78 is 24.3. The molecular formula is C24H20ClFN4O3S. The van der Waals surface area contributed by atoms with Crippen LogP contribution < -0.4 is 10.1 Å². The first-order valence-corrected chi connectivity index (χ1v) is 11.8. The molecule has 3 heterocycles. The van der Waals surface area contributed by atoms with Crippen molar-refractivity contribution in [3.05, 3.63) is 75.6 Å². The molecule has 0 saturated carbocycles. The molecule has 5 rings (SSSR count). The molecule has 1 N–H and O–H groups in total. The highest BCUT2D eigenvalue weighted by molar-refractivity contribution is 7.19. The van der Waals surface area contributed by atoms with E-state index in [4.69, 9.17) is 21.1 Å². The number of fused-ring (bicyclic) bond motifs is 3. The Morgan fingerprint density at radius 2 is 2.12 bits per heavy atom. The van der Waals surface area contributed by atoms with Gasteiger partial charge in [0.2, 0.25) is 0 Å². The highest BCUT2D eigenvalue weighted by atomic mass is 35.5. The molecule has 10 heteroatoms. The lowest BCUT2D eigenvalue weighted by Gasteiger charge is -2.15. The largest absolute Gasteiger partial charge is 0.487 e. The topological polar surface area (TPSA) is 76.6 Å². The van der Waals surface area contributed by atoms with Gasteiger partial charge in [-0.15, -0.1) is 11.3 Å². The van der Waals surface area contributed by atoms with E-state index in [9.17, 15) is 9.18 Å². The average molecular weight is 499 g/mol. The normalized spacial score (nSPS) is 12.6. The lowest BCUT2D eigenvalue weighted by Crippen LogP contribution is -2.26. The van der Waals surface area contributed by atoms with Crippen LogP contribution >= 0.6 is 22.9 Å². The van der Waals surface area contributed by atoms with Gasteiger partial charge >= 0.3 is 6.09 Å². The SMILES string of the molecule is CCOC(=O)N1Cc2sc3ncnc(Nc4ccc(OCc5cccc(F)c5)c(Cl)c4)c3c2C1. The molecule has 0 spiro atoms. The van der Waals surface area contributed by atoms with Crippen LogP contribution in [0.4, 0.5) is 20.7 Å². The Hall–Kier alpha value is -3.43. The van der Waals surface area contributed by atoms with Crippen LogP contribution in [0.5, 0.6) is 5.75 Å². The van der Waals surface area contributed by atoms with Crippen molar-refractivity contribution in [3.8, 4) is 5.75 Å². The van der Waals surface area contributed by atoms with Crippen LogP contribution in [0.1, 0.15) is 22.9 Å². The van der Waals surface area contributed by atoms with E-state index in [1.165, 1.54) is 18.5 Å². The maximum Gasteiger partial charge on any atom is 0.410 e. The third kappa shape index (κ3) is 4.49. The Morgan fingerprint density at radius 3 is 2.91 bits per heavy atom. The number of benzene rings is 2. The zero-order valence-electron chi connectivity index (χ0n) is 18.2. The van der Waals surface area contributed by atoms with Gasteiger partial charge in [-0.05, 0) is 42.8 Å². The van der Waals surface area contributed by atoms with Gasteiger partial charge in [-0.25, -0.2) is 19.2 Å². The van der Waals surface area contributed by atoms with Crippen molar-refractivity contribution in [1.82, 2.24) is 14.9 Å². The summed E-state index contributed by atoms with van der Waals surface area (Å²) in [6.45, 7) is 3.27. The number of carbonyl (C=O) groups is 1. The molecule has 0 unspecified atom stereocenters. The molecule has 1 aliphatic heterocycles. The summed E-state index contributed by atoms with van der Waals surface area (Å²) in [7, 11) is 0. The summed E-state index contributed by atoms with van der Waals surface area (Å²) in [6.07, 6.45) is 1.18. The minimum atomic E-state index is -0.328. The second-order valence-electron chi connectivity index (χ2n) is 7.65. The van der Waals surface area contributed by atoms with Crippen LogP contribution in [0.25, 0.3) is 10.2 Å². The molecule has 2 aromatic heterocycles. The van der Waals surface area contributed by atoms with Gasteiger partial charge in [-0.2, -0.15) is 0 Å². The minimum absolute atomic E-state index is 0.203. The molecule has 0 aliphatic carbocycles. The lowest BCUT2D eigenvalue weighted by molar-refractivity contribution is 0.107. The lowest BCUT2D eigenvalue weighted by atomic mass is 10.2. The molecule has 1 amide bonds. The number of thiophene rings is 1. The second-order valence-corrected chi connectivity index (χ2v) is 9.14. The monoisotopic (exact) mass is 498 g/mol. The van der Waals surface area contributed by atoms with Crippen molar-refractivity contribution >= 4 is 50.8 Å². The smallest absolute Gasteiger partial charge is 0.410 e. The standard InChI is InChI=1S/C24H20ClFN4O3S/c1-2-32-24(31)30-10-17-20(11-30)34-23-21(17)22(27-13-28-23)29-16-6-7-19(18(25)9-16)33-12-14-4-3-5-15(26)8-14/h3-9,13H,2,10-12H2,1H3,(H,27,28,29). The Labute approximate surface area is 204 Å². The van der Waals surface area contributed by atoms with Crippen LogP contribution in [0.15, 0.2) is 48.8 Å². The molecule has 174 valence electrons. The number of hydrogen-bond donors (Lipinski definition) is 1. The number of amides is 1. The average Bonchev–Trinajstić information content (AvgIpc) is 3.37. The Morgan fingerprint density at radius 1 is 1.24 bits per heavy atom. The summed E-state index contributed by atoms with van der Waals surface area (Å²) in [5.41, 5.74) is 2.46. The number of nitrogens with one attached hydrogen (secondary N) is 1. The molecule has 7 nitrogen and oxygen atoms in total. The van der Waals surface area contributed by atoms with E-state index in [0.717, 1.165) is 26.3 Å². The number of rotatable bonds is 6. The molecule has 2 aromatic carbocycles. The summed E-state index contributed by atoms with van der Waals surface area (Å²) in [5, 5.41) is 4.61. The summed E-state index contributed by atoms with van der Waals surface area (Å²) in [5.74, 6) is 0.816. The number of halogens is 2. The number of carbonyl (C=O) groups excluding carboxylic acids is 1. The number of nitrogens with zero attached hydrogens (tertiary/aromatic N) is 3. The molecule has 0 fully saturated rings. The van der Waals surface area contributed by atoms with Crippen molar-refractivity contribution in [2.45, 2.75) is 26.6 Å². The van der Waals surface area contributed by atoms with Gasteiger partial charge in [-0.3, -0.25) is 4.90 Å². The third-order valence-electron chi connectivity index (χ3n) is 5.36. The maximum absolute atomic E-state index is 13.4. The first kappa shape index (κ1) is 22.4. The van der Waals surface area contributed by atoms with Crippen molar-refractivity contribution in [3.63, 3.8) is 0 Å². The van der Waals surface area contributed by atoms with E-state index in [2.05, 4.69) is 15.3 Å². The Bertz CT molecular complexity index is 1380. The van der Waals surface area contributed by atoms with Crippen molar-refractivity contribution in [2.24, 2.45) is 0 Å². The highest BCUT2D eigenvalue weighted by Crippen LogP contribution is 2.40. The van der Waals surface area contributed by atoms with Crippen LogP contribution in [0, 0.1) is 5.82 Å². The van der Waals surface area contributed by atoms with Gasteiger partial charge in [-0.1, -0.05) is 23.7 Å². The zero-order valence-corrected chi connectivity index (χ0v) is 19.8. The fraction of sp³-hybridized carbons (Fsp3) is 0.208. The molecular weight excluding hydrogens is 479 g/mol. The fourth-order valence-electron chi connectivity index (χ4n) is 3.81. The van der Waals surface area contributed by atoms with E-state index in [1.807, 2.05) is 6.07 Å². The molecule has 0 radical (unpaired) electrons. The number of ether oxygens (including phenoxy) is 2. The van der Waals surface area contributed by atoms with E-state index >= 15 is 0 Å². The number of hydrogen-bond acceptors (Lipinski definition) is 7. The quantitative estimate of drug-likeness (QED) is 0.337. The van der Waals surface area contributed by atoms with Crippen molar-refractivity contribution in [1.29, 1.82) is 0 Å². The van der Waals surface area contributed by atoms with Gasteiger partial charge in [0.1, 0.15) is 35.1 Å². The summed E-state index contributed by atoms with van der Waals surface area (Å²) in [4.78, 5) is 24.6. The van der Waals surface area contributed by atoms with Gasteiger partial charge in [0, 0.05) is 16.1 Å².